The highest BCUT2D eigenvalue weighted by atomic mass is 19.4. The normalized spacial score (nSPS) is 14.2. The molecule has 0 unspecified atom stereocenters. The molecule has 0 bridgehead atoms. The molecule has 2 rings (SSSR count). The van der Waals surface area contributed by atoms with Crippen LogP contribution in [-0.4, -0.2) is 42.7 Å². The lowest BCUT2D eigenvalue weighted by molar-refractivity contribution is -0.137. The Morgan fingerprint density at radius 1 is 1.19 bits per heavy atom. The summed E-state index contributed by atoms with van der Waals surface area (Å²) in [6.07, 6.45) is -4.54. The lowest BCUT2D eigenvalue weighted by Gasteiger charge is -2.36. The summed E-state index contributed by atoms with van der Waals surface area (Å²) in [5.41, 5.74) is 1.47. The number of nitriles is 2. The summed E-state index contributed by atoms with van der Waals surface area (Å²) in [4.78, 5) is 14.9. The highest BCUT2D eigenvalue weighted by Crippen LogP contribution is 2.35. The van der Waals surface area contributed by atoms with E-state index in [0.717, 1.165) is 12.1 Å². The second-order valence-corrected chi connectivity index (χ2v) is 5.52. The first kappa shape index (κ1) is 19.1. The van der Waals surface area contributed by atoms with Crippen molar-refractivity contribution in [2.75, 3.05) is 36.5 Å². The first-order chi connectivity index (χ1) is 12.3. The topological polar surface area (TPSA) is 95.5 Å². The molecular formula is C16H15F3N6O. The first-order valence-corrected chi connectivity index (χ1v) is 7.62. The fourth-order valence-corrected chi connectivity index (χ4v) is 2.53. The van der Waals surface area contributed by atoms with Gasteiger partial charge in [0.1, 0.15) is 12.1 Å². The maximum atomic E-state index is 13.0. The number of nitrogens with one attached hydrogen (secondary N) is 1. The van der Waals surface area contributed by atoms with E-state index in [1.807, 2.05) is 4.90 Å². The number of rotatable bonds is 3. The fourth-order valence-electron chi connectivity index (χ4n) is 2.53. The zero-order valence-electron chi connectivity index (χ0n) is 13.8. The van der Waals surface area contributed by atoms with E-state index < -0.39 is 17.5 Å². The smallest absolute Gasteiger partial charge is 0.366 e. The van der Waals surface area contributed by atoms with Crippen LogP contribution < -0.4 is 10.3 Å². The number of anilines is 2. The number of nitrogens with zero attached hydrogens (tertiary/aromatic N) is 5. The summed E-state index contributed by atoms with van der Waals surface area (Å²) < 4.78 is 39.0. The standard InChI is InChI=1S/C16H15F3N6O/c1-11(26)24-4-6-25(7-5-24)15-3-2-12(16(17,18)19)8-14(15)23-22-13(9-20)10-21/h2-3,8,23H,4-7H2,1H3. The zero-order chi connectivity index (χ0) is 19.3. The number of piperazine rings is 1. The molecule has 0 saturated carbocycles. The van der Waals surface area contributed by atoms with Crippen LogP contribution >= 0.6 is 0 Å². The van der Waals surface area contributed by atoms with Crippen molar-refractivity contribution in [2.45, 2.75) is 13.1 Å². The molecule has 0 atom stereocenters. The van der Waals surface area contributed by atoms with Crippen LogP contribution in [0.1, 0.15) is 12.5 Å². The van der Waals surface area contributed by atoms with Crippen LogP contribution in [0, 0.1) is 22.7 Å². The molecule has 10 heteroatoms. The number of halogens is 3. The summed E-state index contributed by atoms with van der Waals surface area (Å²) >= 11 is 0. The molecule has 1 aromatic rings. The lowest BCUT2D eigenvalue weighted by atomic mass is 10.1. The van der Waals surface area contributed by atoms with Crippen molar-refractivity contribution in [3.8, 4) is 12.1 Å². The molecule has 1 aliphatic heterocycles. The van der Waals surface area contributed by atoms with Gasteiger partial charge in [-0.3, -0.25) is 10.2 Å². The third-order valence-electron chi connectivity index (χ3n) is 3.89. The van der Waals surface area contributed by atoms with Gasteiger partial charge in [0.15, 0.2) is 0 Å². The molecular weight excluding hydrogens is 349 g/mol. The predicted molar refractivity (Wildman–Crippen MR) is 88.2 cm³/mol. The highest BCUT2D eigenvalue weighted by molar-refractivity contribution is 6.10. The van der Waals surface area contributed by atoms with Crippen molar-refractivity contribution in [1.29, 1.82) is 10.5 Å². The molecule has 1 fully saturated rings. The molecule has 136 valence electrons. The fraction of sp³-hybridized carbons (Fsp3) is 0.375. The third-order valence-corrected chi connectivity index (χ3v) is 3.89. The maximum absolute atomic E-state index is 13.0. The van der Waals surface area contributed by atoms with Gasteiger partial charge >= 0.3 is 6.18 Å². The third kappa shape index (κ3) is 4.42. The van der Waals surface area contributed by atoms with Gasteiger partial charge in [-0.1, -0.05) is 0 Å². The van der Waals surface area contributed by atoms with Crippen LogP contribution in [0.3, 0.4) is 0 Å². The molecule has 26 heavy (non-hydrogen) atoms. The number of benzene rings is 1. The number of hydrazone groups is 1. The monoisotopic (exact) mass is 364 g/mol. The molecule has 7 nitrogen and oxygen atoms in total. The average molecular weight is 364 g/mol. The van der Waals surface area contributed by atoms with Crippen LogP contribution in [0.25, 0.3) is 0 Å². The van der Waals surface area contributed by atoms with Gasteiger partial charge < -0.3 is 9.80 Å². The van der Waals surface area contributed by atoms with Crippen molar-refractivity contribution >= 4 is 23.0 Å². The number of amides is 1. The second kappa shape index (κ2) is 7.74. The van der Waals surface area contributed by atoms with E-state index in [9.17, 15) is 18.0 Å². The Hall–Kier alpha value is -3.27. The quantitative estimate of drug-likeness (QED) is 0.655. The van der Waals surface area contributed by atoms with Crippen LogP contribution in [-0.2, 0) is 11.0 Å². The molecule has 1 amide bonds. The van der Waals surface area contributed by atoms with Gasteiger partial charge in [0.05, 0.1) is 16.9 Å². The summed E-state index contributed by atoms with van der Waals surface area (Å²) in [6, 6.07) is 6.20. The van der Waals surface area contributed by atoms with Gasteiger partial charge in [0.25, 0.3) is 0 Å². The van der Waals surface area contributed by atoms with Crippen LogP contribution in [0.15, 0.2) is 23.3 Å². The minimum Gasteiger partial charge on any atom is -0.366 e. The Morgan fingerprint density at radius 3 is 2.31 bits per heavy atom. The summed E-state index contributed by atoms with van der Waals surface area (Å²) in [5, 5.41) is 21.0. The van der Waals surface area contributed by atoms with E-state index in [2.05, 4.69) is 10.5 Å². The maximum Gasteiger partial charge on any atom is 0.416 e. The number of alkyl halides is 3. The molecule has 0 radical (unpaired) electrons. The van der Waals surface area contributed by atoms with Crippen LogP contribution in [0.5, 0.6) is 0 Å². The lowest BCUT2D eigenvalue weighted by Crippen LogP contribution is -2.48. The Balaban J connectivity index is 2.33. The predicted octanol–water partition coefficient (Wildman–Crippen LogP) is 2.19. The molecule has 1 aromatic carbocycles. The van der Waals surface area contributed by atoms with Gasteiger partial charge in [0, 0.05) is 33.1 Å². The Labute approximate surface area is 147 Å². The molecule has 1 aliphatic rings. The Morgan fingerprint density at radius 2 is 1.81 bits per heavy atom. The highest BCUT2D eigenvalue weighted by Gasteiger charge is 2.32. The van der Waals surface area contributed by atoms with E-state index in [4.69, 9.17) is 10.5 Å². The number of hydrogen-bond acceptors (Lipinski definition) is 6. The first-order valence-electron chi connectivity index (χ1n) is 7.62. The zero-order valence-corrected chi connectivity index (χ0v) is 13.8. The Bertz CT molecular complexity index is 782. The second-order valence-electron chi connectivity index (χ2n) is 5.52. The van der Waals surface area contributed by atoms with Crippen molar-refractivity contribution in [3.05, 3.63) is 23.8 Å². The van der Waals surface area contributed by atoms with E-state index in [1.165, 1.54) is 25.1 Å². The van der Waals surface area contributed by atoms with Gasteiger partial charge in [-0.25, -0.2) is 0 Å². The SMILES string of the molecule is CC(=O)N1CCN(c2ccc(C(F)(F)F)cc2NN=C(C#N)C#N)CC1. The Kier molecular flexibility index (Phi) is 5.68. The van der Waals surface area contributed by atoms with Gasteiger partial charge in [-0.05, 0) is 18.2 Å². The summed E-state index contributed by atoms with van der Waals surface area (Å²) in [5.74, 6) is -0.0623. The number of carbonyl (C=O) groups excluding carboxylic acids is 1. The van der Waals surface area contributed by atoms with Crippen LogP contribution in [0.4, 0.5) is 24.5 Å². The van der Waals surface area contributed by atoms with E-state index in [1.54, 1.807) is 4.90 Å². The molecule has 0 spiro atoms. The van der Waals surface area contributed by atoms with Crippen molar-refractivity contribution in [2.24, 2.45) is 5.10 Å². The summed E-state index contributed by atoms with van der Waals surface area (Å²) in [6.45, 7) is 3.22. The molecule has 0 aromatic heterocycles. The van der Waals surface area contributed by atoms with E-state index in [0.29, 0.717) is 31.9 Å². The summed E-state index contributed by atoms with van der Waals surface area (Å²) in [7, 11) is 0. The van der Waals surface area contributed by atoms with Crippen molar-refractivity contribution in [1.82, 2.24) is 4.90 Å². The van der Waals surface area contributed by atoms with E-state index in [-0.39, 0.29) is 11.6 Å². The van der Waals surface area contributed by atoms with Gasteiger partial charge in [-0.15, -0.1) is 0 Å². The van der Waals surface area contributed by atoms with Crippen LogP contribution in [0.2, 0.25) is 0 Å². The van der Waals surface area contributed by atoms with Crippen molar-refractivity contribution in [3.63, 3.8) is 0 Å². The molecule has 0 aliphatic carbocycles. The molecule has 1 heterocycles. The largest absolute Gasteiger partial charge is 0.416 e. The van der Waals surface area contributed by atoms with Gasteiger partial charge in [0.2, 0.25) is 11.6 Å². The number of hydrogen-bond donors (Lipinski definition) is 1. The van der Waals surface area contributed by atoms with Crippen molar-refractivity contribution < 1.29 is 18.0 Å². The van der Waals surface area contributed by atoms with E-state index >= 15 is 0 Å². The minimum absolute atomic E-state index is 0.0269. The average Bonchev–Trinajstić information content (AvgIpc) is 2.61. The molecule has 1 saturated heterocycles. The number of carbonyl (C=O) groups is 1. The molecule has 1 N–H and O–H groups in total. The minimum atomic E-state index is -4.54. The van der Waals surface area contributed by atoms with Gasteiger partial charge in [-0.2, -0.15) is 28.8 Å².